The van der Waals surface area contributed by atoms with Crippen molar-refractivity contribution in [1.82, 2.24) is 10.2 Å². The molecule has 1 aromatic carbocycles. The highest BCUT2D eigenvalue weighted by Gasteiger charge is 2.28. The fraction of sp³-hybridized carbons (Fsp3) is 0.500. The maximum atomic E-state index is 12.6. The second-order valence-electron chi connectivity index (χ2n) is 5.02. The summed E-state index contributed by atoms with van der Waals surface area (Å²) in [7, 11) is 1.87. The van der Waals surface area contributed by atoms with Gasteiger partial charge in [-0.1, -0.05) is 0 Å². The lowest BCUT2D eigenvalue weighted by Crippen LogP contribution is -2.47. The summed E-state index contributed by atoms with van der Waals surface area (Å²) in [6.07, 6.45) is 3.81. The Morgan fingerprint density at radius 2 is 2.23 bits per heavy atom. The highest BCUT2D eigenvalue weighted by Crippen LogP contribution is 2.27. The number of carbonyl (C=O) groups is 1. The van der Waals surface area contributed by atoms with E-state index in [-0.39, 0.29) is 35.6 Å². The van der Waals surface area contributed by atoms with Gasteiger partial charge in [0.25, 0.3) is 11.6 Å². The molecule has 1 unspecified atom stereocenters. The molecule has 122 valence electrons. The van der Waals surface area contributed by atoms with Gasteiger partial charge in [0.1, 0.15) is 5.56 Å². The quantitative estimate of drug-likeness (QED) is 0.515. The van der Waals surface area contributed by atoms with E-state index in [1.165, 1.54) is 17.8 Å². The van der Waals surface area contributed by atoms with Crippen molar-refractivity contribution in [2.24, 2.45) is 0 Å². The molecular weight excluding hydrogens is 326 g/mol. The van der Waals surface area contributed by atoms with Gasteiger partial charge in [0, 0.05) is 30.1 Å². The topological polar surface area (TPSA) is 75.5 Å². The predicted octanol–water partition coefficient (Wildman–Crippen LogP) is 2.56. The summed E-state index contributed by atoms with van der Waals surface area (Å²) in [6.45, 7) is 1.24. The number of nitro groups is 1. The molecule has 1 aromatic rings. The van der Waals surface area contributed by atoms with Crippen LogP contribution in [0, 0.1) is 10.1 Å². The van der Waals surface area contributed by atoms with Crippen molar-refractivity contribution < 1.29 is 9.72 Å². The number of nitrogens with zero attached hydrogens (tertiary/aromatic N) is 2. The standard InChI is InChI=1S/C14H19N3O3S.ClH/c1-15-10-4-3-7-16(9-10)14(18)12-8-11(21-2)5-6-13(12)17(19)20;/h5-6,8,10,15H,3-4,7,9H2,1-2H3;1H. The minimum atomic E-state index is -0.489. The van der Waals surface area contributed by atoms with Crippen LogP contribution in [0.4, 0.5) is 5.69 Å². The van der Waals surface area contributed by atoms with Crippen LogP contribution in [0.3, 0.4) is 0 Å². The molecule has 1 heterocycles. The molecule has 22 heavy (non-hydrogen) atoms. The first-order chi connectivity index (χ1) is 10.1. The lowest BCUT2D eigenvalue weighted by molar-refractivity contribution is -0.385. The van der Waals surface area contributed by atoms with Crippen LogP contribution in [0.25, 0.3) is 0 Å². The molecule has 0 aromatic heterocycles. The number of benzene rings is 1. The van der Waals surface area contributed by atoms with Crippen LogP contribution in [0.1, 0.15) is 23.2 Å². The van der Waals surface area contributed by atoms with E-state index in [9.17, 15) is 14.9 Å². The first-order valence-electron chi connectivity index (χ1n) is 6.85. The summed E-state index contributed by atoms with van der Waals surface area (Å²) in [5.74, 6) is -0.252. The average molecular weight is 346 g/mol. The number of likely N-dealkylation sites (tertiary alicyclic amines) is 1. The number of piperidine rings is 1. The Balaban J connectivity index is 0.00000242. The number of likely N-dealkylation sites (N-methyl/N-ethyl adjacent to an activating group) is 1. The lowest BCUT2D eigenvalue weighted by atomic mass is 10.0. The number of amides is 1. The molecule has 1 atom stereocenters. The molecule has 0 aliphatic carbocycles. The monoisotopic (exact) mass is 345 g/mol. The summed E-state index contributed by atoms with van der Waals surface area (Å²) in [4.78, 5) is 25.9. The Morgan fingerprint density at radius 1 is 1.50 bits per heavy atom. The molecule has 0 saturated carbocycles. The molecule has 1 aliphatic heterocycles. The van der Waals surface area contributed by atoms with E-state index in [0.717, 1.165) is 17.7 Å². The summed E-state index contributed by atoms with van der Waals surface area (Å²) in [5.41, 5.74) is 0.0629. The van der Waals surface area contributed by atoms with Gasteiger partial charge in [-0.2, -0.15) is 0 Å². The van der Waals surface area contributed by atoms with Gasteiger partial charge in [-0.15, -0.1) is 24.2 Å². The zero-order chi connectivity index (χ0) is 15.4. The Bertz CT molecular complexity index is 556. The SMILES string of the molecule is CNC1CCCN(C(=O)c2cc(SC)ccc2[N+](=O)[O-])C1.Cl. The third kappa shape index (κ3) is 4.12. The molecule has 1 amide bonds. The van der Waals surface area contributed by atoms with Crippen LogP contribution in [0.5, 0.6) is 0 Å². The van der Waals surface area contributed by atoms with Crippen molar-refractivity contribution in [2.45, 2.75) is 23.8 Å². The van der Waals surface area contributed by atoms with Gasteiger partial charge in [-0.25, -0.2) is 0 Å². The van der Waals surface area contributed by atoms with Gasteiger partial charge in [0.15, 0.2) is 0 Å². The number of nitro benzene ring substituents is 1. The van der Waals surface area contributed by atoms with Crippen LogP contribution in [-0.4, -0.2) is 48.2 Å². The average Bonchev–Trinajstić information content (AvgIpc) is 2.53. The summed E-state index contributed by atoms with van der Waals surface area (Å²) >= 11 is 1.47. The number of nitrogens with one attached hydrogen (secondary N) is 1. The van der Waals surface area contributed by atoms with Gasteiger partial charge < -0.3 is 10.2 Å². The fourth-order valence-electron chi connectivity index (χ4n) is 2.54. The Kier molecular flexibility index (Phi) is 7.12. The fourth-order valence-corrected chi connectivity index (χ4v) is 2.98. The third-order valence-electron chi connectivity index (χ3n) is 3.75. The molecule has 0 spiro atoms. The Morgan fingerprint density at radius 3 is 2.82 bits per heavy atom. The van der Waals surface area contributed by atoms with E-state index < -0.39 is 4.92 Å². The van der Waals surface area contributed by atoms with Crippen molar-refractivity contribution in [2.75, 3.05) is 26.4 Å². The number of halogens is 1. The van der Waals surface area contributed by atoms with Crippen LogP contribution in [-0.2, 0) is 0 Å². The van der Waals surface area contributed by atoms with Gasteiger partial charge in [0.2, 0.25) is 0 Å². The molecule has 2 rings (SSSR count). The van der Waals surface area contributed by atoms with Crippen molar-refractivity contribution in [1.29, 1.82) is 0 Å². The zero-order valence-electron chi connectivity index (χ0n) is 12.6. The van der Waals surface area contributed by atoms with Crippen molar-refractivity contribution in [3.8, 4) is 0 Å². The van der Waals surface area contributed by atoms with Crippen molar-refractivity contribution in [3.05, 3.63) is 33.9 Å². The number of thioether (sulfide) groups is 1. The number of hydrogen-bond acceptors (Lipinski definition) is 5. The van der Waals surface area contributed by atoms with Gasteiger partial charge in [-0.05, 0) is 38.3 Å². The Hall–Kier alpha value is -1.31. The van der Waals surface area contributed by atoms with Gasteiger partial charge in [-0.3, -0.25) is 14.9 Å². The largest absolute Gasteiger partial charge is 0.337 e. The van der Waals surface area contributed by atoms with E-state index in [2.05, 4.69) is 5.32 Å². The number of carbonyl (C=O) groups excluding carboxylic acids is 1. The van der Waals surface area contributed by atoms with E-state index >= 15 is 0 Å². The van der Waals surface area contributed by atoms with Gasteiger partial charge in [0.05, 0.1) is 4.92 Å². The van der Waals surface area contributed by atoms with E-state index in [1.807, 2.05) is 13.3 Å². The number of hydrogen-bond donors (Lipinski definition) is 1. The second kappa shape index (κ2) is 8.36. The van der Waals surface area contributed by atoms with E-state index in [1.54, 1.807) is 17.0 Å². The molecular formula is C14H20ClN3O3S. The second-order valence-corrected chi connectivity index (χ2v) is 5.90. The van der Waals surface area contributed by atoms with E-state index in [0.29, 0.717) is 13.1 Å². The molecule has 1 fully saturated rings. The first kappa shape index (κ1) is 18.7. The van der Waals surface area contributed by atoms with E-state index in [4.69, 9.17) is 0 Å². The Labute approximate surface area is 140 Å². The minimum Gasteiger partial charge on any atom is -0.337 e. The summed E-state index contributed by atoms with van der Waals surface area (Å²) in [5, 5.41) is 14.3. The van der Waals surface area contributed by atoms with Crippen molar-refractivity contribution >= 4 is 35.8 Å². The van der Waals surface area contributed by atoms with Gasteiger partial charge >= 0.3 is 0 Å². The molecule has 1 N–H and O–H groups in total. The number of rotatable bonds is 4. The zero-order valence-corrected chi connectivity index (χ0v) is 14.2. The van der Waals surface area contributed by atoms with Crippen LogP contribution in [0.2, 0.25) is 0 Å². The first-order valence-corrected chi connectivity index (χ1v) is 8.08. The molecule has 0 bridgehead atoms. The van der Waals surface area contributed by atoms with Crippen molar-refractivity contribution in [3.63, 3.8) is 0 Å². The maximum absolute atomic E-state index is 12.6. The normalized spacial score (nSPS) is 17.7. The van der Waals surface area contributed by atoms with Crippen LogP contribution < -0.4 is 5.32 Å². The smallest absolute Gasteiger partial charge is 0.282 e. The molecule has 1 aliphatic rings. The summed E-state index contributed by atoms with van der Waals surface area (Å²) in [6, 6.07) is 4.96. The lowest BCUT2D eigenvalue weighted by Gasteiger charge is -2.32. The predicted molar refractivity (Wildman–Crippen MR) is 90.1 cm³/mol. The maximum Gasteiger partial charge on any atom is 0.282 e. The minimum absolute atomic E-state index is 0. The molecule has 1 saturated heterocycles. The highest BCUT2D eigenvalue weighted by molar-refractivity contribution is 7.98. The molecule has 6 nitrogen and oxygen atoms in total. The molecule has 8 heteroatoms. The highest BCUT2D eigenvalue weighted by atomic mass is 35.5. The van der Waals surface area contributed by atoms with Crippen LogP contribution >= 0.6 is 24.2 Å². The third-order valence-corrected chi connectivity index (χ3v) is 4.47. The molecule has 0 radical (unpaired) electrons. The summed E-state index contributed by atoms with van der Waals surface area (Å²) < 4.78 is 0. The van der Waals surface area contributed by atoms with Crippen LogP contribution in [0.15, 0.2) is 23.1 Å².